The first kappa shape index (κ1) is 17.3. The van der Waals surface area contributed by atoms with Gasteiger partial charge in [0.05, 0.1) is 11.0 Å². The van der Waals surface area contributed by atoms with E-state index in [0.717, 1.165) is 29.0 Å². The third-order valence-corrected chi connectivity index (χ3v) is 4.84. The number of nitrogens with one attached hydrogen (secondary N) is 2. The molecule has 0 aliphatic carbocycles. The van der Waals surface area contributed by atoms with E-state index in [2.05, 4.69) is 15.2 Å². The molecular weight excluding hydrogens is 340 g/mol. The molecule has 1 aliphatic rings. The molecule has 6 heteroatoms. The van der Waals surface area contributed by atoms with Crippen molar-refractivity contribution in [3.8, 4) is 5.69 Å². The van der Waals surface area contributed by atoms with Crippen LogP contribution in [0.25, 0.3) is 16.7 Å². The van der Waals surface area contributed by atoms with E-state index in [1.807, 2.05) is 54.6 Å². The lowest BCUT2D eigenvalue weighted by atomic mass is 10.1. The van der Waals surface area contributed by atoms with Crippen molar-refractivity contribution in [2.75, 3.05) is 6.54 Å². The van der Waals surface area contributed by atoms with Gasteiger partial charge < -0.3 is 10.6 Å². The topological polar surface area (TPSA) is 76.0 Å². The number of piperidine rings is 1. The molecule has 0 radical (unpaired) electrons. The van der Waals surface area contributed by atoms with Crippen molar-refractivity contribution in [3.05, 3.63) is 60.4 Å². The zero-order valence-electron chi connectivity index (χ0n) is 15.0. The normalized spacial score (nSPS) is 16.9. The van der Waals surface area contributed by atoms with Gasteiger partial charge in [-0.05, 0) is 37.1 Å². The number of benzene rings is 2. The van der Waals surface area contributed by atoms with E-state index in [9.17, 15) is 9.59 Å². The van der Waals surface area contributed by atoms with E-state index in [1.165, 1.54) is 0 Å². The first-order valence-electron chi connectivity index (χ1n) is 9.31. The molecule has 27 heavy (non-hydrogen) atoms. The van der Waals surface area contributed by atoms with E-state index in [-0.39, 0.29) is 11.8 Å². The summed E-state index contributed by atoms with van der Waals surface area (Å²) in [5.74, 6) is 0.625. The van der Waals surface area contributed by atoms with Crippen LogP contribution in [-0.2, 0) is 16.0 Å². The zero-order valence-corrected chi connectivity index (χ0v) is 15.0. The molecule has 138 valence electrons. The van der Waals surface area contributed by atoms with Gasteiger partial charge in [-0.1, -0.05) is 30.3 Å². The monoisotopic (exact) mass is 362 g/mol. The second-order valence-electron chi connectivity index (χ2n) is 6.74. The number of carbonyl (C=O) groups excluding carboxylic acids is 2. The number of carbonyl (C=O) groups is 2. The number of amides is 2. The smallest absolute Gasteiger partial charge is 0.242 e. The summed E-state index contributed by atoms with van der Waals surface area (Å²) in [6.07, 6.45) is 2.38. The summed E-state index contributed by atoms with van der Waals surface area (Å²) in [6, 6.07) is 17.6. The molecule has 0 unspecified atom stereocenters. The molecule has 2 heterocycles. The number of fused-ring (bicyclic) bond motifs is 1. The number of nitrogens with zero attached hydrogens (tertiary/aromatic N) is 2. The Hall–Kier alpha value is -3.15. The van der Waals surface area contributed by atoms with Gasteiger partial charge in [-0.3, -0.25) is 14.2 Å². The highest BCUT2D eigenvalue weighted by Gasteiger charge is 2.23. The highest BCUT2D eigenvalue weighted by atomic mass is 16.2. The zero-order chi connectivity index (χ0) is 18.6. The summed E-state index contributed by atoms with van der Waals surface area (Å²) in [4.78, 5) is 28.9. The van der Waals surface area contributed by atoms with Crippen LogP contribution in [0.4, 0.5) is 0 Å². The van der Waals surface area contributed by atoms with E-state index in [1.54, 1.807) is 0 Å². The summed E-state index contributed by atoms with van der Waals surface area (Å²) in [7, 11) is 0. The predicted molar refractivity (Wildman–Crippen MR) is 104 cm³/mol. The molecule has 2 amide bonds. The maximum atomic E-state index is 12.4. The first-order valence-corrected chi connectivity index (χ1v) is 9.31. The summed E-state index contributed by atoms with van der Waals surface area (Å²) in [5, 5.41) is 5.63. The molecule has 1 fully saturated rings. The summed E-state index contributed by atoms with van der Waals surface area (Å²) >= 11 is 0. The molecule has 4 rings (SSSR count). The van der Waals surface area contributed by atoms with Crippen molar-refractivity contribution in [2.45, 2.75) is 31.7 Å². The van der Waals surface area contributed by atoms with Crippen LogP contribution >= 0.6 is 0 Å². The third kappa shape index (κ3) is 3.69. The molecule has 0 bridgehead atoms. The van der Waals surface area contributed by atoms with Crippen LogP contribution in [0, 0.1) is 0 Å². The fraction of sp³-hybridized carbons (Fsp3) is 0.286. The molecule has 1 aliphatic heterocycles. The van der Waals surface area contributed by atoms with Crippen LogP contribution in [0.3, 0.4) is 0 Å². The maximum Gasteiger partial charge on any atom is 0.242 e. The van der Waals surface area contributed by atoms with Crippen molar-refractivity contribution in [1.29, 1.82) is 0 Å². The van der Waals surface area contributed by atoms with Crippen LogP contribution in [0.15, 0.2) is 54.6 Å². The third-order valence-electron chi connectivity index (χ3n) is 4.84. The molecule has 1 atom stereocenters. The van der Waals surface area contributed by atoms with Gasteiger partial charge >= 0.3 is 0 Å². The molecule has 0 spiro atoms. The van der Waals surface area contributed by atoms with Gasteiger partial charge in [0, 0.05) is 25.1 Å². The van der Waals surface area contributed by atoms with Crippen molar-refractivity contribution in [1.82, 2.24) is 20.2 Å². The minimum absolute atomic E-state index is 0.0916. The van der Waals surface area contributed by atoms with Crippen LogP contribution in [0.1, 0.15) is 25.1 Å². The number of rotatable bonds is 5. The Morgan fingerprint density at radius 1 is 1.15 bits per heavy atom. The van der Waals surface area contributed by atoms with Gasteiger partial charge in [0.1, 0.15) is 11.9 Å². The summed E-state index contributed by atoms with van der Waals surface area (Å²) in [6.45, 7) is 0.687. The van der Waals surface area contributed by atoms with Gasteiger partial charge in [-0.2, -0.15) is 0 Å². The van der Waals surface area contributed by atoms with Gasteiger partial charge in [0.15, 0.2) is 0 Å². The highest BCUT2D eigenvalue weighted by molar-refractivity contribution is 5.88. The number of imidazole rings is 1. The van der Waals surface area contributed by atoms with E-state index in [4.69, 9.17) is 4.98 Å². The SMILES string of the molecule is O=C(CCc1nc2ccccc2n1-c1ccccc1)N[C@H]1CCCNC1=O. The van der Waals surface area contributed by atoms with Gasteiger partial charge in [-0.15, -0.1) is 0 Å². The van der Waals surface area contributed by atoms with Gasteiger partial charge in [0.25, 0.3) is 0 Å². The Morgan fingerprint density at radius 2 is 1.93 bits per heavy atom. The molecule has 6 nitrogen and oxygen atoms in total. The average Bonchev–Trinajstić information content (AvgIpc) is 3.07. The molecule has 3 aromatic rings. The molecule has 1 aromatic heterocycles. The van der Waals surface area contributed by atoms with Crippen molar-refractivity contribution < 1.29 is 9.59 Å². The summed E-state index contributed by atoms with van der Waals surface area (Å²) < 4.78 is 2.09. The Morgan fingerprint density at radius 3 is 2.74 bits per heavy atom. The number of aromatic nitrogens is 2. The second-order valence-corrected chi connectivity index (χ2v) is 6.74. The van der Waals surface area contributed by atoms with E-state index < -0.39 is 6.04 Å². The first-order chi connectivity index (χ1) is 13.2. The van der Waals surface area contributed by atoms with Crippen molar-refractivity contribution >= 4 is 22.8 Å². The fourth-order valence-corrected chi connectivity index (χ4v) is 3.51. The Balaban J connectivity index is 1.53. The molecule has 2 N–H and O–H groups in total. The second kappa shape index (κ2) is 7.61. The average molecular weight is 362 g/mol. The highest BCUT2D eigenvalue weighted by Crippen LogP contribution is 2.22. The lowest BCUT2D eigenvalue weighted by Crippen LogP contribution is -2.50. The van der Waals surface area contributed by atoms with E-state index >= 15 is 0 Å². The van der Waals surface area contributed by atoms with Crippen LogP contribution in [-0.4, -0.2) is 34.0 Å². The van der Waals surface area contributed by atoms with Crippen LogP contribution in [0.5, 0.6) is 0 Å². The predicted octanol–water partition coefficient (Wildman–Crippen LogP) is 2.35. The number of hydrogen-bond acceptors (Lipinski definition) is 3. The molecular formula is C21H22N4O2. The summed E-state index contributed by atoms with van der Waals surface area (Å²) in [5.41, 5.74) is 2.95. The lowest BCUT2D eigenvalue weighted by molar-refractivity contribution is -0.130. The van der Waals surface area contributed by atoms with Gasteiger partial charge in [-0.25, -0.2) is 4.98 Å². The van der Waals surface area contributed by atoms with Gasteiger partial charge in [0.2, 0.25) is 11.8 Å². The van der Waals surface area contributed by atoms with E-state index in [0.29, 0.717) is 25.8 Å². The Labute approximate surface area is 157 Å². The Bertz CT molecular complexity index is 965. The lowest BCUT2D eigenvalue weighted by Gasteiger charge is -2.22. The largest absolute Gasteiger partial charge is 0.354 e. The van der Waals surface area contributed by atoms with Crippen molar-refractivity contribution in [2.24, 2.45) is 0 Å². The quantitative estimate of drug-likeness (QED) is 0.732. The minimum Gasteiger partial charge on any atom is -0.354 e. The maximum absolute atomic E-state index is 12.4. The number of para-hydroxylation sites is 3. The standard InChI is InChI=1S/C21H22N4O2/c26-20(24-17-10-6-14-22-21(17)27)13-12-19-23-16-9-4-5-11-18(16)25(19)15-7-2-1-3-8-15/h1-5,7-9,11,17H,6,10,12-14H2,(H,22,27)(H,24,26)/t17-/m0/s1. The molecule has 2 aromatic carbocycles. The Kier molecular flexibility index (Phi) is 4.87. The molecule has 0 saturated carbocycles. The number of hydrogen-bond donors (Lipinski definition) is 2. The van der Waals surface area contributed by atoms with Crippen LogP contribution in [0.2, 0.25) is 0 Å². The fourth-order valence-electron chi connectivity index (χ4n) is 3.51. The minimum atomic E-state index is -0.417. The van der Waals surface area contributed by atoms with Crippen LogP contribution < -0.4 is 10.6 Å². The number of aryl methyl sites for hydroxylation is 1. The van der Waals surface area contributed by atoms with Crippen molar-refractivity contribution in [3.63, 3.8) is 0 Å². The molecule has 1 saturated heterocycles.